The summed E-state index contributed by atoms with van der Waals surface area (Å²) >= 11 is 0. The number of aliphatic carboxylic acids is 1. The Balaban J connectivity index is 2.01. The van der Waals surface area contributed by atoms with Crippen LogP contribution in [-0.4, -0.2) is 21.6 Å². The second kappa shape index (κ2) is 6.37. The molecule has 4 nitrogen and oxygen atoms in total. The number of aromatic nitrogens is 1. The molecule has 22 heavy (non-hydrogen) atoms. The standard InChI is InChI=1S/C18H28N2O2/c1-17(2,3)8-9-18(4,16(21)22)20-12-13-10-14-6-5-7-15(14)19-11-13/h10-11,20H,5-9,12H2,1-4H3,(H,21,22)/t18-/m0/s1. The molecule has 4 heteroatoms. The molecule has 0 aromatic carbocycles. The molecule has 122 valence electrons. The Morgan fingerprint density at radius 3 is 2.64 bits per heavy atom. The molecule has 0 bridgehead atoms. The highest BCUT2D eigenvalue weighted by Crippen LogP contribution is 2.26. The molecular formula is C18H28N2O2. The van der Waals surface area contributed by atoms with E-state index in [4.69, 9.17) is 0 Å². The van der Waals surface area contributed by atoms with Gasteiger partial charge in [0.25, 0.3) is 0 Å². The van der Waals surface area contributed by atoms with Gasteiger partial charge in [0.1, 0.15) is 5.54 Å². The summed E-state index contributed by atoms with van der Waals surface area (Å²) in [6, 6.07) is 2.17. The van der Waals surface area contributed by atoms with E-state index in [1.165, 1.54) is 17.7 Å². The van der Waals surface area contributed by atoms with E-state index in [-0.39, 0.29) is 5.41 Å². The number of rotatable bonds is 6. The van der Waals surface area contributed by atoms with Gasteiger partial charge in [-0.3, -0.25) is 15.1 Å². The highest BCUT2D eigenvalue weighted by molar-refractivity contribution is 5.78. The number of carbonyl (C=O) groups is 1. The third-order valence-electron chi connectivity index (χ3n) is 4.51. The lowest BCUT2D eigenvalue weighted by molar-refractivity contribution is -0.144. The van der Waals surface area contributed by atoms with E-state index in [0.717, 1.165) is 24.8 Å². The number of hydrogen-bond acceptors (Lipinski definition) is 3. The highest BCUT2D eigenvalue weighted by atomic mass is 16.4. The van der Waals surface area contributed by atoms with Crippen molar-refractivity contribution in [2.45, 2.75) is 71.9 Å². The summed E-state index contributed by atoms with van der Waals surface area (Å²) in [6.07, 6.45) is 6.70. The van der Waals surface area contributed by atoms with Crippen molar-refractivity contribution in [1.82, 2.24) is 10.3 Å². The minimum atomic E-state index is -0.897. The zero-order valence-electron chi connectivity index (χ0n) is 14.2. The molecule has 1 atom stereocenters. The molecule has 0 saturated heterocycles. The minimum Gasteiger partial charge on any atom is -0.480 e. The topological polar surface area (TPSA) is 62.2 Å². The zero-order chi connectivity index (χ0) is 16.4. The number of hydrogen-bond donors (Lipinski definition) is 2. The number of pyridine rings is 1. The third-order valence-corrected chi connectivity index (χ3v) is 4.51. The quantitative estimate of drug-likeness (QED) is 0.846. The first kappa shape index (κ1) is 16.9. The maximum Gasteiger partial charge on any atom is 0.323 e. The Morgan fingerprint density at radius 2 is 2.00 bits per heavy atom. The van der Waals surface area contributed by atoms with Gasteiger partial charge in [-0.15, -0.1) is 0 Å². The molecule has 2 rings (SSSR count). The van der Waals surface area contributed by atoms with Crippen LogP contribution in [0.5, 0.6) is 0 Å². The Kier molecular flexibility index (Phi) is 4.90. The predicted molar refractivity (Wildman–Crippen MR) is 87.8 cm³/mol. The Bertz CT molecular complexity index is 549. The number of nitrogens with zero attached hydrogens (tertiary/aromatic N) is 1. The molecule has 0 unspecified atom stereocenters. The molecule has 1 aromatic rings. The van der Waals surface area contributed by atoms with Crippen molar-refractivity contribution in [1.29, 1.82) is 0 Å². The van der Waals surface area contributed by atoms with Gasteiger partial charge in [0.05, 0.1) is 0 Å². The van der Waals surface area contributed by atoms with Gasteiger partial charge in [-0.25, -0.2) is 0 Å². The zero-order valence-corrected chi connectivity index (χ0v) is 14.2. The van der Waals surface area contributed by atoms with Crippen LogP contribution in [0, 0.1) is 5.41 Å². The first-order valence-electron chi connectivity index (χ1n) is 8.15. The fraction of sp³-hybridized carbons (Fsp3) is 0.667. The normalized spacial score (nSPS) is 17.1. The monoisotopic (exact) mass is 304 g/mol. The maximum atomic E-state index is 11.7. The molecule has 0 aliphatic heterocycles. The van der Waals surface area contributed by atoms with E-state index in [1.807, 2.05) is 6.20 Å². The molecule has 1 aliphatic carbocycles. The number of carboxylic acid groups (broad SMARTS) is 1. The van der Waals surface area contributed by atoms with Crippen LogP contribution in [0.15, 0.2) is 12.3 Å². The fourth-order valence-electron chi connectivity index (χ4n) is 2.77. The second-order valence-corrected chi connectivity index (χ2v) is 7.85. The average Bonchev–Trinajstić information content (AvgIpc) is 2.89. The first-order valence-corrected chi connectivity index (χ1v) is 8.15. The molecular weight excluding hydrogens is 276 g/mol. The third kappa shape index (κ3) is 4.29. The summed E-state index contributed by atoms with van der Waals surface area (Å²) < 4.78 is 0. The molecule has 1 aromatic heterocycles. The van der Waals surface area contributed by atoms with Gasteiger partial charge in [-0.05, 0) is 55.6 Å². The van der Waals surface area contributed by atoms with Gasteiger partial charge >= 0.3 is 5.97 Å². The largest absolute Gasteiger partial charge is 0.480 e. The number of carboxylic acids is 1. The molecule has 0 saturated carbocycles. The Morgan fingerprint density at radius 1 is 1.27 bits per heavy atom. The van der Waals surface area contributed by atoms with Crippen LogP contribution in [0.3, 0.4) is 0 Å². The number of aryl methyl sites for hydroxylation is 2. The van der Waals surface area contributed by atoms with Crippen LogP contribution in [-0.2, 0) is 24.2 Å². The lowest BCUT2D eigenvalue weighted by Crippen LogP contribution is -2.49. The van der Waals surface area contributed by atoms with Crippen LogP contribution in [0.25, 0.3) is 0 Å². The first-order chi connectivity index (χ1) is 10.2. The maximum absolute atomic E-state index is 11.7. The van der Waals surface area contributed by atoms with Crippen molar-refractivity contribution in [2.75, 3.05) is 0 Å². The molecule has 1 aliphatic rings. The van der Waals surface area contributed by atoms with E-state index >= 15 is 0 Å². The van der Waals surface area contributed by atoms with E-state index in [0.29, 0.717) is 13.0 Å². The van der Waals surface area contributed by atoms with E-state index in [1.54, 1.807) is 6.92 Å². The fourth-order valence-corrected chi connectivity index (χ4v) is 2.77. The van der Waals surface area contributed by atoms with Crippen LogP contribution in [0.1, 0.15) is 63.8 Å². The summed E-state index contributed by atoms with van der Waals surface area (Å²) in [5.74, 6) is -0.786. The van der Waals surface area contributed by atoms with Crippen molar-refractivity contribution in [2.24, 2.45) is 5.41 Å². The van der Waals surface area contributed by atoms with Gasteiger partial charge in [0, 0.05) is 18.4 Å². The molecule has 0 fully saturated rings. The van der Waals surface area contributed by atoms with Gasteiger partial charge in [0.15, 0.2) is 0 Å². The van der Waals surface area contributed by atoms with Gasteiger partial charge < -0.3 is 5.11 Å². The van der Waals surface area contributed by atoms with Crippen molar-refractivity contribution in [3.8, 4) is 0 Å². The van der Waals surface area contributed by atoms with Crippen molar-refractivity contribution >= 4 is 5.97 Å². The van der Waals surface area contributed by atoms with Crippen molar-refractivity contribution in [3.63, 3.8) is 0 Å². The summed E-state index contributed by atoms with van der Waals surface area (Å²) in [4.78, 5) is 16.2. The smallest absolute Gasteiger partial charge is 0.323 e. The molecule has 2 N–H and O–H groups in total. The summed E-state index contributed by atoms with van der Waals surface area (Å²) in [5.41, 5.74) is 2.84. The highest BCUT2D eigenvalue weighted by Gasteiger charge is 2.33. The van der Waals surface area contributed by atoms with Crippen LogP contribution < -0.4 is 5.32 Å². The summed E-state index contributed by atoms with van der Waals surface area (Å²) in [7, 11) is 0. The van der Waals surface area contributed by atoms with Gasteiger partial charge in [0.2, 0.25) is 0 Å². The number of nitrogens with one attached hydrogen (secondary N) is 1. The van der Waals surface area contributed by atoms with Gasteiger partial charge in [-0.1, -0.05) is 26.8 Å². The molecule has 0 spiro atoms. The summed E-state index contributed by atoms with van der Waals surface area (Å²) in [5, 5.41) is 12.8. The minimum absolute atomic E-state index is 0.132. The summed E-state index contributed by atoms with van der Waals surface area (Å²) in [6.45, 7) is 8.74. The Hall–Kier alpha value is -1.42. The lowest BCUT2D eigenvalue weighted by Gasteiger charge is -2.30. The average molecular weight is 304 g/mol. The number of fused-ring (bicyclic) bond motifs is 1. The van der Waals surface area contributed by atoms with E-state index in [9.17, 15) is 9.90 Å². The lowest BCUT2D eigenvalue weighted by atomic mass is 9.84. The Labute approximate surface area is 133 Å². The molecule has 1 heterocycles. The predicted octanol–water partition coefficient (Wildman–Crippen LogP) is 3.33. The SMILES string of the molecule is CC(C)(C)CC[C@](C)(NCc1cnc2c(c1)CCC2)C(=O)O. The van der Waals surface area contributed by atoms with Crippen LogP contribution >= 0.6 is 0 Å². The molecule has 0 amide bonds. The van der Waals surface area contributed by atoms with Crippen LogP contribution in [0.4, 0.5) is 0 Å². The van der Waals surface area contributed by atoms with E-state index in [2.05, 4.69) is 37.1 Å². The van der Waals surface area contributed by atoms with Crippen LogP contribution in [0.2, 0.25) is 0 Å². The van der Waals surface area contributed by atoms with Gasteiger partial charge in [-0.2, -0.15) is 0 Å². The van der Waals surface area contributed by atoms with E-state index < -0.39 is 11.5 Å². The second-order valence-electron chi connectivity index (χ2n) is 7.85. The van der Waals surface area contributed by atoms with Crippen molar-refractivity contribution < 1.29 is 9.90 Å². The van der Waals surface area contributed by atoms with Crippen molar-refractivity contribution in [3.05, 3.63) is 29.1 Å². The molecule has 0 radical (unpaired) electrons.